The van der Waals surface area contributed by atoms with Crippen LogP contribution >= 0.6 is 22.6 Å². The summed E-state index contributed by atoms with van der Waals surface area (Å²) in [6.07, 6.45) is 2.29. The Kier molecular flexibility index (Phi) is 4.52. The molecule has 19 heavy (non-hydrogen) atoms. The van der Waals surface area contributed by atoms with Crippen molar-refractivity contribution in [2.24, 2.45) is 7.05 Å². The van der Waals surface area contributed by atoms with Gasteiger partial charge in [-0.1, -0.05) is 12.1 Å². The van der Waals surface area contributed by atoms with Crippen LogP contribution in [0.15, 0.2) is 24.5 Å². The van der Waals surface area contributed by atoms with Crippen molar-refractivity contribution in [2.45, 2.75) is 13.3 Å². The number of nitrogens with one attached hydrogen (secondary N) is 1. The molecule has 0 aliphatic carbocycles. The number of hydrogen-bond donors (Lipinski definition) is 1. The van der Waals surface area contributed by atoms with Crippen LogP contribution in [0.1, 0.15) is 21.7 Å². The Morgan fingerprint density at radius 3 is 2.95 bits per heavy atom. The van der Waals surface area contributed by atoms with Gasteiger partial charge in [-0.15, -0.1) is 0 Å². The monoisotopic (exact) mass is 370 g/mol. The number of hydrogen-bond acceptors (Lipinski definition) is 3. The fourth-order valence-corrected chi connectivity index (χ4v) is 2.31. The predicted octanol–water partition coefficient (Wildman–Crippen LogP) is 1.70. The molecule has 0 unspecified atom stereocenters. The summed E-state index contributed by atoms with van der Waals surface area (Å²) in [6.45, 7) is 2.53. The third-order valence-electron chi connectivity index (χ3n) is 2.72. The molecule has 0 spiro atoms. The van der Waals surface area contributed by atoms with Crippen molar-refractivity contribution < 1.29 is 4.79 Å². The third-order valence-corrected chi connectivity index (χ3v) is 4.15. The zero-order valence-corrected chi connectivity index (χ0v) is 13.0. The van der Waals surface area contributed by atoms with E-state index in [1.807, 2.05) is 32.2 Å². The van der Waals surface area contributed by atoms with E-state index < -0.39 is 0 Å². The number of benzene rings is 1. The van der Waals surface area contributed by atoms with E-state index in [0.29, 0.717) is 13.0 Å². The Bertz CT molecular complexity index is 594. The Hall–Kier alpha value is -1.44. The van der Waals surface area contributed by atoms with Crippen molar-refractivity contribution in [3.63, 3.8) is 0 Å². The number of amides is 1. The van der Waals surface area contributed by atoms with Crippen LogP contribution in [0.25, 0.3) is 0 Å². The van der Waals surface area contributed by atoms with E-state index in [9.17, 15) is 4.79 Å². The molecule has 0 atom stereocenters. The minimum Gasteiger partial charge on any atom is -0.352 e. The number of aryl methyl sites for hydroxylation is 2. The highest BCUT2D eigenvalue weighted by Gasteiger charge is 2.10. The van der Waals surface area contributed by atoms with Gasteiger partial charge in [-0.25, -0.2) is 4.98 Å². The van der Waals surface area contributed by atoms with Crippen LogP contribution in [-0.2, 0) is 13.5 Å². The summed E-state index contributed by atoms with van der Waals surface area (Å²) >= 11 is 2.20. The summed E-state index contributed by atoms with van der Waals surface area (Å²) in [6, 6.07) is 5.73. The van der Waals surface area contributed by atoms with E-state index in [4.69, 9.17) is 0 Å². The zero-order chi connectivity index (χ0) is 13.8. The normalized spacial score (nSPS) is 10.5. The maximum absolute atomic E-state index is 12.1. The molecule has 0 fully saturated rings. The molecule has 1 aromatic carbocycles. The summed E-state index contributed by atoms with van der Waals surface area (Å²) in [5.74, 6) is 0.686. The van der Waals surface area contributed by atoms with Crippen LogP contribution in [0, 0.1) is 10.5 Å². The molecule has 6 heteroatoms. The maximum Gasteiger partial charge on any atom is 0.252 e. The minimum absolute atomic E-state index is 0.0518. The molecular formula is C13H15IN4O. The number of nitrogens with zero attached hydrogens (tertiary/aromatic N) is 3. The van der Waals surface area contributed by atoms with Crippen molar-refractivity contribution in [1.82, 2.24) is 20.1 Å². The first-order valence-corrected chi connectivity index (χ1v) is 7.03. The zero-order valence-electron chi connectivity index (χ0n) is 10.9. The van der Waals surface area contributed by atoms with E-state index in [2.05, 4.69) is 38.0 Å². The largest absolute Gasteiger partial charge is 0.352 e. The maximum atomic E-state index is 12.1. The van der Waals surface area contributed by atoms with E-state index >= 15 is 0 Å². The lowest BCUT2D eigenvalue weighted by Crippen LogP contribution is -2.26. The number of carbonyl (C=O) groups is 1. The first-order valence-electron chi connectivity index (χ1n) is 5.96. The quantitative estimate of drug-likeness (QED) is 0.834. The molecule has 0 bridgehead atoms. The first kappa shape index (κ1) is 14.0. The highest BCUT2D eigenvalue weighted by Crippen LogP contribution is 2.16. The second kappa shape index (κ2) is 6.14. The smallest absolute Gasteiger partial charge is 0.252 e. The van der Waals surface area contributed by atoms with Gasteiger partial charge in [-0.2, -0.15) is 5.10 Å². The molecule has 0 radical (unpaired) electrons. The highest BCUT2D eigenvalue weighted by molar-refractivity contribution is 14.1. The average molecular weight is 370 g/mol. The van der Waals surface area contributed by atoms with Crippen molar-refractivity contribution in [3.8, 4) is 0 Å². The standard InChI is InChI=1S/C13H15IN4O/c1-9-4-3-5-10(12(9)14)13(19)15-7-6-11-16-8-18(2)17-11/h3-5,8H,6-7H2,1-2H3,(H,15,19). The van der Waals surface area contributed by atoms with Gasteiger partial charge >= 0.3 is 0 Å². The van der Waals surface area contributed by atoms with Crippen LogP contribution in [-0.4, -0.2) is 27.2 Å². The van der Waals surface area contributed by atoms with Crippen molar-refractivity contribution >= 4 is 28.5 Å². The van der Waals surface area contributed by atoms with E-state index in [0.717, 1.165) is 20.5 Å². The molecule has 0 aliphatic rings. The summed E-state index contributed by atoms with van der Waals surface area (Å²) < 4.78 is 2.65. The Balaban J connectivity index is 1.93. The first-order chi connectivity index (χ1) is 9.08. The molecular weight excluding hydrogens is 355 g/mol. The second-order valence-corrected chi connectivity index (χ2v) is 5.36. The molecule has 100 valence electrons. The number of halogens is 1. The van der Waals surface area contributed by atoms with Gasteiger partial charge in [-0.05, 0) is 41.1 Å². The molecule has 2 aromatic rings. The van der Waals surface area contributed by atoms with Gasteiger partial charge in [0.2, 0.25) is 0 Å². The highest BCUT2D eigenvalue weighted by atomic mass is 127. The van der Waals surface area contributed by atoms with Gasteiger partial charge in [0.15, 0.2) is 5.82 Å². The summed E-state index contributed by atoms with van der Waals surface area (Å²) in [4.78, 5) is 16.2. The Morgan fingerprint density at radius 1 is 1.47 bits per heavy atom. The molecule has 1 aromatic heterocycles. The van der Waals surface area contributed by atoms with Crippen LogP contribution in [0.2, 0.25) is 0 Å². The van der Waals surface area contributed by atoms with Gasteiger partial charge in [0, 0.05) is 23.6 Å². The molecule has 0 saturated carbocycles. The molecule has 0 aliphatic heterocycles. The molecule has 1 heterocycles. The van der Waals surface area contributed by atoms with E-state index in [1.54, 1.807) is 11.0 Å². The Labute approximate surface area is 125 Å². The molecule has 2 rings (SSSR count). The molecule has 1 N–H and O–H groups in total. The Morgan fingerprint density at radius 2 is 2.26 bits per heavy atom. The third kappa shape index (κ3) is 3.52. The number of aromatic nitrogens is 3. The van der Waals surface area contributed by atoms with Gasteiger partial charge in [0.1, 0.15) is 6.33 Å². The SMILES string of the molecule is Cc1cccc(C(=O)NCCc2ncn(C)n2)c1I. The van der Waals surface area contributed by atoms with E-state index in [1.165, 1.54) is 0 Å². The fraction of sp³-hybridized carbons (Fsp3) is 0.308. The lowest BCUT2D eigenvalue weighted by molar-refractivity contribution is 0.0953. The number of rotatable bonds is 4. The average Bonchev–Trinajstić information content (AvgIpc) is 2.78. The summed E-state index contributed by atoms with van der Waals surface area (Å²) in [7, 11) is 1.82. The molecule has 1 amide bonds. The molecule has 0 saturated heterocycles. The van der Waals surface area contributed by atoms with Crippen molar-refractivity contribution in [3.05, 3.63) is 45.0 Å². The topological polar surface area (TPSA) is 59.8 Å². The van der Waals surface area contributed by atoms with Crippen LogP contribution < -0.4 is 5.32 Å². The van der Waals surface area contributed by atoms with E-state index in [-0.39, 0.29) is 5.91 Å². The van der Waals surface area contributed by atoms with Gasteiger partial charge in [-0.3, -0.25) is 9.48 Å². The fourth-order valence-electron chi connectivity index (χ4n) is 1.70. The van der Waals surface area contributed by atoms with Crippen LogP contribution in [0.3, 0.4) is 0 Å². The number of carbonyl (C=O) groups excluding carboxylic acids is 1. The van der Waals surface area contributed by atoms with Gasteiger partial charge in [0.25, 0.3) is 5.91 Å². The molecule has 5 nitrogen and oxygen atoms in total. The van der Waals surface area contributed by atoms with Gasteiger partial charge in [0.05, 0.1) is 5.56 Å². The van der Waals surface area contributed by atoms with Crippen molar-refractivity contribution in [2.75, 3.05) is 6.54 Å². The van der Waals surface area contributed by atoms with Crippen LogP contribution in [0.4, 0.5) is 0 Å². The lowest BCUT2D eigenvalue weighted by Gasteiger charge is -2.07. The summed E-state index contributed by atoms with van der Waals surface area (Å²) in [5, 5.41) is 7.06. The summed E-state index contributed by atoms with van der Waals surface area (Å²) in [5.41, 5.74) is 1.83. The van der Waals surface area contributed by atoms with Gasteiger partial charge < -0.3 is 5.32 Å². The lowest BCUT2D eigenvalue weighted by atomic mass is 10.1. The van der Waals surface area contributed by atoms with Crippen molar-refractivity contribution in [1.29, 1.82) is 0 Å². The second-order valence-electron chi connectivity index (χ2n) is 4.28. The minimum atomic E-state index is -0.0518. The predicted molar refractivity (Wildman–Crippen MR) is 80.9 cm³/mol. The van der Waals surface area contributed by atoms with Crippen LogP contribution in [0.5, 0.6) is 0 Å².